The summed E-state index contributed by atoms with van der Waals surface area (Å²) in [6.07, 6.45) is 1.93. The molecule has 0 aliphatic carbocycles. The van der Waals surface area contributed by atoms with Crippen LogP contribution in [0.1, 0.15) is 26.7 Å². The summed E-state index contributed by atoms with van der Waals surface area (Å²) in [7, 11) is -1.06. The Balaban J connectivity index is 2.27. The van der Waals surface area contributed by atoms with Crippen molar-refractivity contribution in [2.45, 2.75) is 26.7 Å². The standard InChI is InChI=1S/C17H26FN3O3S/c1-17(2)10-5-11-20(13-17)16(22)12-21(25(23,24)19(3)4)15-8-6-14(18)7-9-15/h6-9H,5,10-13H2,1-4H3. The summed E-state index contributed by atoms with van der Waals surface area (Å²) in [4.78, 5) is 14.4. The summed E-state index contributed by atoms with van der Waals surface area (Å²) < 4.78 is 40.6. The molecule has 0 N–H and O–H groups in total. The smallest absolute Gasteiger partial charge is 0.304 e. The first-order chi connectivity index (χ1) is 11.5. The average molecular weight is 371 g/mol. The molecular formula is C17H26FN3O3S. The summed E-state index contributed by atoms with van der Waals surface area (Å²) in [5, 5.41) is 0. The Morgan fingerprint density at radius 3 is 2.36 bits per heavy atom. The topological polar surface area (TPSA) is 60.9 Å². The summed E-state index contributed by atoms with van der Waals surface area (Å²) >= 11 is 0. The van der Waals surface area contributed by atoms with Gasteiger partial charge in [-0.25, -0.2) is 8.70 Å². The SMILES string of the molecule is CN(C)S(=O)(=O)N(CC(=O)N1CCCC(C)(C)C1)c1ccc(F)cc1. The molecule has 0 spiro atoms. The van der Waals surface area contributed by atoms with E-state index < -0.39 is 16.0 Å². The van der Waals surface area contributed by atoms with E-state index in [0.717, 1.165) is 21.5 Å². The molecular weight excluding hydrogens is 345 g/mol. The van der Waals surface area contributed by atoms with E-state index in [9.17, 15) is 17.6 Å². The lowest BCUT2D eigenvalue weighted by atomic mass is 9.84. The second-order valence-corrected chi connectivity index (χ2v) is 9.42. The average Bonchev–Trinajstić information content (AvgIpc) is 2.52. The highest BCUT2D eigenvalue weighted by atomic mass is 32.2. The van der Waals surface area contributed by atoms with Gasteiger partial charge in [-0.2, -0.15) is 12.7 Å². The van der Waals surface area contributed by atoms with Gasteiger partial charge in [-0.05, 0) is 42.5 Å². The van der Waals surface area contributed by atoms with E-state index in [-0.39, 0.29) is 23.6 Å². The first-order valence-corrected chi connectivity index (χ1v) is 9.66. The molecule has 8 heteroatoms. The van der Waals surface area contributed by atoms with Crippen molar-refractivity contribution in [3.8, 4) is 0 Å². The molecule has 0 radical (unpaired) electrons. The van der Waals surface area contributed by atoms with Gasteiger partial charge in [0.05, 0.1) is 5.69 Å². The zero-order valence-corrected chi connectivity index (χ0v) is 16.0. The Kier molecular flexibility index (Phi) is 5.73. The van der Waals surface area contributed by atoms with Crippen molar-refractivity contribution >= 4 is 21.8 Å². The molecule has 1 aromatic rings. The first-order valence-electron chi connectivity index (χ1n) is 8.26. The molecule has 1 aromatic carbocycles. The van der Waals surface area contributed by atoms with Crippen LogP contribution in [0, 0.1) is 11.2 Å². The molecule has 140 valence electrons. The number of piperidine rings is 1. The molecule has 1 fully saturated rings. The molecule has 1 saturated heterocycles. The zero-order chi connectivity index (χ0) is 18.8. The van der Waals surface area contributed by atoms with E-state index >= 15 is 0 Å². The lowest BCUT2D eigenvalue weighted by Gasteiger charge is -2.39. The van der Waals surface area contributed by atoms with Gasteiger partial charge in [0.2, 0.25) is 5.91 Å². The number of amides is 1. The van der Waals surface area contributed by atoms with Crippen molar-refractivity contribution in [1.29, 1.82) is 0 Å². The van der Waals surface area contributed by atoms with E-state index in [4.69, 9.17) is 0 Å². The van der Waals surface area contributed by atoms with Gasteiger partial charge in [0.15, 0.2) is 0 Å². The van der Waals surface area contributed by atoms with Crippen LogP contribution in [0.4, 0.5) is 10.1 Å². The maximum Gasteiger partial charge on any atom is 0.304 e. The molecule has 2 rings (SSSR count). The van der Waals surface area contributed by atoms with E-state index in [1.807, 2.05) is 0 Å². The van der Waals surface area contributed by atoms with Crippen LogP contribution in [0.2, 0.25) is 0 Å². The number of benzene rings is 1. The van der Waals surface area contributed by atoms with Gasteiger partial charge in [0.25, 0.3) is 0 Å². The third-order valence-corrected chi connectivity index (χ3v) is 6.21. The minimum atomic E-state index is -3.87. The van der Waals surface area contributed by atoms with E-state index in [1.54, 1.807) is 4.90 Å². The van der Waals surface area contributed by atoms with Crippen LogP contribution in [-0.4, -0.2) is 57.3 Å². The second-order valence-electron chi connectivity index (χ2n) is 7.36. The van der Waals surface area contributed by atoms with Crippen LogP contribution in [0.5, 0.6) is 0 Å². The van der Waals surface area contributed by atoms with Gasteiger partial charge in [-0.15, -0.1) is 0 Å². The van der Waals surface area contributed by atoms with Crippen LogP contribution in [0.25, 0.3) is 0 Å². The number of carbonyl (C=O) groups is 1. The number of hydrogen-bond acceptors (Lipinski definition) is 3. The molecule has 0 unspecified atom stereocenters. The molecule has 25 heavy (non-hydrogen) atoms. The molecule has 1 amide bonds. The fourth-order valence-corrected chi connectivity index (χ4v) is 4.03. The van der Waals surface area contributed by atoms with Crippen LogP contribution >= 0.6 is 0 Å². The number of rotatable bonds is 5. The van der Waals surface area contributed by atoms with Crippen molar-refractivity contribution in [3.05, 3.63) is 30.1 Å². The van der Waals surface area contributed by atoms with Crippen molar-refractivity contribution in [2.24, 2.45) is 5.41 Å². The molecule has 1 aliphatic heterocycles. The zero-order valence-electron chi connectivity index (χ0n) is 15.2. The molecule has 0 saturated carbocycles. The molecule has 0 atom stereocenters. The van der Waals surface area contributed by atoms with Crippen molar-refractivity contribution < 1.29 is 17.6 Å². The highest BCUT2D eigenvalue weighted by molar-refractivity contribution is 7.90. The summed E-state index contributed by atoms with van der Waals surface area (Å²) in [5.74, 6) is -0.711. The Hall–Kier alpha value is -1.67. The molecule has 0 aromatic heterocycles. The predicted molar refractivity (Wildman–Crippen MR) is 95.9 cm³/mol. The molecule has 0 bridgehead atoms. The van der Waals surface area contributed by atoms with Gasteiger partial charge in [0, 0.05) is 27.2 Å². The molecule has 6 nitrogen and oxygen atoms in total. The highest BCUT2D eigenvalue weighted by Gasteiger charge is 2.33. The number of anilines is 1. The van der Waals surface area contributed by atoms with E-state index in [2.05, 4.69) is 13.8 Å². The number of halogens is 1. The fourth-order valence-electron chi connectivity index (χ4n) is 2.97. The normalized spacial score (nSPS) is 17.6. The Morgan fingerprint density at radius 1 is 1.24 bits per heavy atom. The van der Waals surface area contributed by atoms with Crippen molar-refractivity contribution in [3.63, 3.8) is 0 Å². The summed E-state index contributed by atoms with van der Waals surface area (Å²) in [6, 6.07) is 5.09. The Bertz CT molecular complexity index is 717. The molecule has 1 heterocycles. The second kappa shape index (κ2) is 7.29. The largest absolute Gasteiger partial charge is 0.341 e. The van der Waals surface area contributed by atoms with E-state index in [0.29, 0.717) is 13.1 Å². The van der Waals surface area contributed by atoms with Crippen molar-refractivity contribution in [2.75, 3.05) is 38.0 Å². The van der Waals surface area contributed by atoms with Gasteiger partial charge < -0.3 is 4.90 Å². The first kappa shape index (κ1) is 19.7. The van der Waals surface area contributed by atoms with Gasteiger partial charge in [-0.3, -0.25) is 4.79 Å². The van der Waals surface area contributed by atoms with Gasteiger partial charge in [0.1, 0.15) is 12.4 Å². The number of carbonyl (C=O) groups excluding carboxylic acids is 1. The van der Waals surface area contributed by atoms with Crippen molar-refractivity contribution in [1.82, 2.24) is 9.21 Å². The fraction of sp³-hybridized carbons (Fsp3) is 0.588. The lowest BCUT2D eigenvalue weighted by Crippen LogP contribution is -2.50. The van der Waals surface area contributed by atoms with Crippen LogP contribution in [0.3, 0.4) is 0 Å². The Morgan fingerprint density at radius 2 is 1.84 bits per heavy atom. The van der Waals surface area contributed by atoms with Crippen LogP contribution < -0.4 is 4.31 Å². The summed E-state index contributed by atoms with van der Waals surface area (Å²) in [5.41, 5.74) is 0.286. The maximum atomic E-state index is 13.2. The van der Waals surface area contributed by atoms with Crippen LogP contribution in [0.15, 0.2) is 24.3 Å². The third-order valence-electron chi connectivity index (χ3n) is 4.39. The van der Waals surface area contributed by atoms with Gasteiger partial charge in [-0.1, -0.05) is 13.8 Å². The summed E-state index contributed by atoms with van der Waals surface area (Å²) in [6.45, 7) is 5.12. The van der Waals surface area contributed by atoms with Gasteiger partial charge >= 0.3 is 10.2 Å². The minimum absolute atomic E-state index is 0.0229. The number of hydrogen-bond donors (Lipinski definition) is 0. The quantitative estimate of drug-likeness (QED) is 0.796. The minimum Gasteiger partial charge on any atom is -0.341 e. The van der Waals surface area contributed by atoms with E-state index in [1.165, 1.54) is 38.4 Å². The maximum absolute atomic E-state index is 13.2. The predicted octanol–water partition coefficient (Wildman–Crippen LogP) is 2.09. The monoisotopic (exact) mass is 371 g/mol. The van der Waals surface area contributed by atoms with Crippen LogP contribution in [-0.2, 0) is 15.0 Å². The molecule has 1 aliphatic rings. The number of nitrogens with zero attached hydrogens (tertiary/aromatic N) is 3. The third kappa shape index (κ3) is 4.70. The number of likely N-dealkylation sites (tertiary alicyclic amines) is 1. The Labute approximate surface area is 149 Å². The lowest BCUT2D eigenvalue weighted by molar-refractivity contribution is -0.132. The highest BCUT2D eigenvalue weighted by Crippen LogP contribution is 2.29.